The number of ether oxygens (including phenoxy) is 5. The SMILES string of the molecule is CC(=O)OC[C@H]1O[C@@H](OC(C)=O)[C@@H](N(C)C)[C@H](OC(C)=O)[C@H]1OC(C)=O. The number of hydrogen-bond donors (Lipinski definition) is 0. The molecular weight excluding hydrogens is 350 g/mol. The molecule has 0 unspecified atom stereocenters. The van der Waals surface area contributed by atoms with Crippen molar-refractivity contribution >= 4 is 23.9 Å². The molecule has 148 valence electrons. The van der Waals surface area contributed by atoms with Crippen molar-refractivity contribution < 1.29 is 42.9 Å². The van der Waals surface area contributed by atoms with E-state index in [0.29, 0.717) is 0 Å². The lowest BCUT2D eigenvalue weighted by Crippen LogP contribution is -2.65. The van der Waals surface area contributed by atoms with Crippen LogP contribution in [0.3, 0.4) is 0 Å². The molecule has 1 aliphatic heterocycles. The van der Waals surface area contributed by atoms with Crippen molar-refractivity contribution in [3.63, 3.8) is 0 Å². The molecule has 1 fully saturated rings. The fraction of sp³-hybridized carbons (Fsp3) is 0.750. The molecule has 0 aliphatic carbocycles. The highest BCUT2D eigenvalue weighted by atomic mass is 16.7. The van der Waals surface area contributed by atoms with E-state index in [1.165, 1.54) is 27.7 Å². The van der Waals surface area contributed by atoms with Gasteiger partial charge in [0, 0.05) is 27.7 Å². The molecule has 1 rings (SSSR count). The first-order valence-electron chi connectivity index (χ1n) is 7.99. The molecule has 5 atom stereocenters. The van der Waals surface area contributed by atoms with Crippen molar-refractivity contribution in [2.24, 2.45) is 0 Å². The number of hydrogen-bond acceptors (Lipinski definition) is 10. The van der Waals surface area contributed by atoms with Crippen LogP contribution in [0.15, 0.2) is 0 Å². The summed E-state index contributed by atoms with van der Waals surface area (Å²) in [5.74, 6) is -2.43. The van der Waals surface area contributed by atoms with E-state index in [-0.39, 0.29) is 6.61 Å². The molecule has 0 aromatic carbocycles. The second-order valence-electron chi connectivity index (χ2n) is 6.06. The summed E-state index contributed by atoms with van der Waals surface area (Å²) in [4.78, 5) is 47.3. The van der Waals surface area contributed by atoms with Crippen LogP contribution in [-0.4, -0.2) is 80.1 Å². The molecule has 0 aromatic rings. The van der Waals surface area contributed by atoms with Gasteiger partial charge in [-0.3, -0.25) is 24.1 Å². The van der Waals surface area contributed by atoms with Gasteiger partial charge in [-0.05, 0) is 14.1 Å². The third kappa shape index (κ3) is 6.26. The second kappa shape index (κ2) is 9.48. The molecule has 0 bridgehead atoms. The van der Waals surface area contributed by atoms with Crippen LogP contribution < -0.4 is 0 Å². The predicted molar refractivity (Wildman–Crippen MR) is 85.6 cm³/mol. The van der Waals surface area contributed by atoms with E-state index in [9.17, 15) is 19.2 Å². The second-order valence-corrected chi connectivity index (χ2v) is 6.06. The van der Waals surface area contributed by atoms with E-state index in [4.69, 9.17) is 23.7 Å². The van der Waals surface area contributed by atoms with Crippen molar-refractivity contribution in [1.29, 1.82) is 0 Å². The van der Waals surface area contributed by atoms with E-state index in [2.05, 4.69) is 0 Å². The topological polar surface area (TPSA) is 118 Å². The zero-order chi connectivity index (χ0) is 20.0. The van der Waals surface area contributed by atoms with Gasteiger partial charge in [0.05, 0.1) is 0 Å². The number of esters is 4. The fourth-order valence-corrected chi connectivity index (χ4v) is 2.69. The summed E-state index contributed by atoms with van der Waals surface area (Å²) in [6.07, 6.45) is -4.19. The molecule has 0 saturated carbocycles. The summed E-state index contributed by atoms with van der Waals surface area (Å²) >= 11 is 0. The Labute approximate surface area is 151 Å². The largest absolute Gasteiger partial charge is 0.463 e. The molecule has 10 heteroatoms. The van der Waals surface area contributed by atoms with Gasteiger partial charge in [-0.2, -0.15) is 0 Å². The van der Waals surface area contributed by atoms with E-state index in [0.717, 1.165) is 0 Å². The highest BCUT2D eigenvalue weighted by Crippen LogP contribution is 2.30. The van der Waals surface area contributed by atoms with Crippen LogP contribution in [0.2, 0.25) is 0 Å². The van der Waals surface area contributed by atoms with Crippen LogP contribution in [0, 0.1) is 0 Å². The van der Waals surface area contributed by atoms with Crippen LogP contribution in [0.25, 0.3) is 0 Å². The number of rotatable bonds is 6. The van der Waals surface area contributed by atoms with Crippen molar-refractivity contribution in [3.8, 4) is 0 Å². The summed E-state index contributed by atoms with van der Waals surface area (Å²) in [5.41, 5.74) is 0. The maximum atomic E-state index is 11.6. The average Bonchev–Trinajstić information content (AvgIpc) is 2.45. The third-order valence-electron chi connectivity index (χ3n) is 3.55. The number of carbonyl (C=O) groups excluding carboxylic acids is 4. The molecule has 0 N–H and O–H groups in total. The lowest BCUT2D eigenvalue weighted by atomic mass is 9.95. The first-order valence-corrected chi connectivity index (χ1v) is 7.99. The van der Waals surface area contributed by atoms with Crippen LogP contribution in [0.5, 0.6) is 0 Å². The minimum absolute atomic E-state index is 0.275. The summed E-state index contributed by atoms with van der Waals surface area (Å²) in [5, 5.41) is 0. The maximum absolute atomic E-state index is 11.6. The Morgan fingerprint density at radius 1 is 0.808 bits per heavy atom. The molecule has 1 heterocycles. The molecule has 0 spiro atoms. The van der Waals surface area contributed by atoms with Gasteiger partial charge in [0.15, 0.2) is 12.2 Å². The van der Waals surface area contributed by atoms with E-state index < -0.39 is 54.5 Å². The summed E-state index contributed by atoms with van der Waals surface area (Å²) in [6.45, 7) is 4.53. The van der Waals surface area contributed by atoms with Crippen LogP contribution in [0.4, 0.5) is 0 Å². The van der Waals surface area contributed by atoms with Gasteiger partial charge in [0.25, 0.3) is 0 Å². The molecule has 1 aliphatic rings. The van der Waals surface area contributed by atoms with Crippen LogP contribution in [-0.2, 0) is 42.9 Å². The zero-order valence-corrected chi connectivity index (χ0v) is 15.7. The number of carbonyl (C=O) groups is 4. The van der Waals surface area contributed by atoms with E-state index >= 15 is 0 Å². The lowest BCUT2D eigenvalue weighted by Gasteiger charge is -2.46. The molecule has 0 aromatic heterocycles. The Hall–Kier alpha value is -2.20. The molecule has 1 saturated heterocycles. The van der Waals surface area contributed by atoms with E-state index in [1.54, 1.807) is 19.0 Å². The third-order valence-corrected chi connectivity index (χ3v) is 3.55. The molecule has 0 radical (unpaired) electrons. The predicted octanol–water partition coefficient (Wildman–Crippen LogP) is -0.369. The minimum atomic E-state index is -1.13. The zero-order valence-electron chi connectivity index (χ0n) is 15.7. The van der Waals surface area contributed by atoms with Gasteiger partial charge in [0.1, 0.15) is 18.8 Å². The highest BCUT2D eigenvalue weighted by Gasteiger charge is 2.52. The quantitative estimate of drug-likeness (QED) is 0.449. The molecule has 10 nitrogen and oxygen atoms in total. The fourth-order valence-electron chi connectivity index (χ4n) is 2.69. The monoisotopic (exact) mass is 375 g/mol. The van der Waals surface area contributed by atoms with Gasteiger partial charge in [-0.1, -0.05) is 0 Å². The highest BCUT2D eigenvalue weighted by molar-refractivity contribution is 5.68. The Bertz CT molecular complexity index is 548. The van der Waals surface area contributed by atoms with Gasteiger partial charge in [-0.25, -0.2) is 0 Å². The number of nitrogens with zero attached hydrogens (tertiary/aromatic N) is 1. The van der Waals surface area contributed by atoms with Crippen molar-refractivity contribution in [2.75, 3.05) is 20.7 Å². The summed E-state index contributed by atoms with van der Waals surface area (Å²) < 4.78 is 26.5. The van der Waals surface area contributed by atoms with E-state index in [1.807, 2.05) is 0 Å². The van der Waals surface area contributed by atoms with Crippen molar-refractivity contribution in [3.05, 3.63) is 0 Å². The normalized spacial score (nSPS) is 28.2. The van der Waals surface area contributed by atoms with Gasteiger partial charge in [-0.15, -0.1) is 0 Å². The first kappa shape index (κ1) is 21.8. The van der Waals surface area contributed by atoms with Gasteiger partial charge >= 0.3 is 23.9 Å². The van der Waals surface area contributed by atoms with Crippen LogP contribution in [0.1, 0.15) is 27.7 Å². The number of likely N-dealkylation sites (N-methyl/N-ethyl adjacent to an activating group) is 1. The first-order chi connectivity index (χ1) is 12.0. The Balaban J connectivity index is 3.26. The smallest absolute Gasteiger partial charge is 0.304 e. The standard InChI is InChI=1S/C16H25NO9/c1-8(18)22-7-12-14(23-9(2)19)15(24-10(3)20)13(17(5)6)16(26-12)25-11(4)21/h12-16H,7H2,1-6H3/t12-,13+,14+,15+,16-/m1/s1. The van der Waals surface area contributed by atoms with Crippen molar-refractivity contribution in [2.45, 2.75) is 58.3 Å². The van der Waals surface area contributed by atoms with Gasteiger partial charge < -0.3 is 23.7 Å². The van der Waals surface area contributed by atoms with Gasteiger partial charge in [0.2, 0.25) is 6.29 Å². The summed E-state index contributed by atoms with van der Waals surface area (Å²) in [7, 11) is 3.33. The summed E-state index contributed by atoms with van der Waals surface area (Å²) in [6, 6.07) is -0.749. The van der Waals surface area contributed by atoms with Crippen LogP contribution >= 0.6 is 0 Å². The average molecular weight is 375 g/mol. The molecule has 0 amide bonds. The minimum Gasteiger partial charge on any atom is -0.463 e. The molecule has 26 heavy (non-hydrogen) atoms. The Morgan fingerprint density at radius 2 is 1.31 bits per heavy atom. The Morgan fingerprint density at radius 3 is 1.73 bits per heavy atom. The lowest BCUT2D eigenvalue weighted by molar-refractivity contribution is -0.282. The Kier molecular flexibility index (Phi) is 7.97. The molecular formula is C16H25NO9. The van der Waals surface area contributed by atoms with Crippen molar-refractivity contribution in [1.82, 2.24) is 4.90 Å². The maximum Gasteiger partial charge on any atom is 0.304 e.